The van der Waals surface area contributed by atoms with Gasteiger partial charge in [0.1, 0.15) is 6.29 Å². The lowest BCUT2D eigenvalue weighted by Gasteiger charge is -2.16. The molecule has 0 fully saturated rings. The summed E-state index contributed by atoms with van der Waals surface area (Å²) < 4.78 is 0. The molecule has 0 aromatic heterocycles. The van der Waals surface area contributed by atoms with E-state index in [1.807, 2.05) is 0 Å². The quantitative estimate of drug-likeness (QED) is 0.382. The van der Waals surface area contributed by atoms with Crippen LogP contribution in [0.5, 0.6) is 0 Å². The average molecular weight is 212 g/mol. The number of rotatable bonds is 10. The number of hydrogen-bond acceptors (Lipinski definition) is 1. The second-order valence-corrected chi connectivity index (χ2v) is 5.04. The third-order valence-electron chi connectivity index (χ3n) is 3.13. The Balaban J connectivity index is 3.37. The van der Waals surface area contributed by atoms with Gasteiger partial charge in [-0.1, -0.05) is 52.9 Å². The van der Waals surface area contributed by atoms with Gasteiger partial charge in [-0.15, -0.1) is 0 Å². The SMILES string of the molecule is CCCCCCC(C)CC(C)CCC=O. The summed E-state index contributed by atoms with van der Waals surface area (Å²) in [7, 11) is 0. The molecule has 1 heteroatoms. The molecule has 0 heterocycles. The van der Waals surface area contributed by atoms with E-state index in [0.717, 1.165) is 31.0 Å². The van der Waals surface area contributed by atoms with Crippen molar-refractivity contribution in [2.75, 3.05) is 0 Å². The molecule has 15 heavy (non-hydrogen) atoms. The summed E-state index contributed by atoms with van der Waals surface area (Å²) >= 11 is 0. The van der Waals surface area contributed by atoms with E-state index < -0.39 is 0 Å². The molecule has 0 aromatic rings. The normalized spacial score (nSPS) is 14.9. The van der Waals surface area contributed by atoms with E-state index in [0.29, 0.717) is 0 Å². The van der Waals surface area contributed by atoms with Crippen LogP contribution >= 0.6 is 0 Å². The van der Waals surface area contributed by atoms with Crippen LogP contribution in [-0.4, -0.2) is 6.29 Å². The second kappa shape index (κ2) is 10.2. The number of aldehydes is 1. The van der Waals surface area contributed by atoms with Gasteiger partial charge in [-0.2, -0.15) is 0 Å². The summed E-state index contributed by atoms with van der Waals surface area (Å²) in [5, 5.41) is 0. The highest BCUT2D eigenvalue weighted by Crippen LogP contribution is 2.21. The van der Waals surface area contributed by atoms with Crippen molar-refractivity contribution in [3.8, 4) is 0 Å². The first-order valence-corrected chi connectivity index (χ1v) is 6.64. The van der Waals surface area contributed by atoms with Crippen molar-refractivity contribution in [1.29, 1.82) is 0 Å². The number of hydrogen-bond donors (Lipinski definition) is 0. The van der Waals surface area contributed by atoms with Crippen LogP contribution in [0.3, 0.4) is 0 Å². The van der Waals surface area contributed by atoms with Crippen LogP contribution in [0.1, 0.15) is 72.1 Å². The largest absolute Gasteiger partial charge is 0.303 e. The van der Waals surface area contributed by atoms with E-state index in [9.17, 15) is 4.79 Å². The third kappa shape index (κ3) is 9.96. The molecule has 0 amide bonds. The van der Waals surface area contributed by atoms with Gasteiger partial charge in [0.2, 0.25) is 0 Å². The predicted octanol–water partition coefficient (Wildman–Crippen LogP) is 4.60. The molecule has 0 aliphatic heterocycles. The first kappa shape index (κ1) is 14.7. The Morgan fingerprint density at radius 3 is 2.27 bits per heavy atom. The number of unbranched alkanes of at least 4 members (excludes halogenated alkanes) is 3. The summed E-state index contributed by atoms with van der Waals surface area (Å²) in [6, 6.07) is 0. The van der Waals surface area contributed by atoms with Crippen molar-refractivity contribution in [2.45, 2.75) is 72.1 Å². The lowest BCUT2D eigenvalue weighted by Crippen LogP contribution is -2.03. The van der Waals surface area contributed by atoms with Crippen LogP contribution in [0.4, 0.5) is 0 Å². The second-order valence-electron chi connectivity index (χ2n) is 5.04. The Labute approximate surface area is 95.6 Å². The Morgan fingerprint density at radius 2 is 1.67 bits per heavy atom. The van der Waals surface area contributed by atoms with Crippen molar-refractivity contribution in [3.05, 3.63) is 0 Å². The minimum atomic E-state index is 0.719. The number of carbonyl (C=O) groups is 1. The van der Waals surface area contributed by atoms with Crippen molar-refractivity contribution >= 4 is 6.29 Å². The van der Waals surface area contributed by atoms with Crippen LogP contribution < -0.4 is 0 Å². The molecule has 2 unspecified atom stereocenters. The molecule has 0 spiro atoms. The lowest BCUT2D eigenvalue weighted by atomic mass is 9.90. The summed E-state index contributed by atoms with van der Waals surface area (Å²) in [6.07, 6.45) is 11.0. The molecule has 0 aromatic carbocycles. The third-order valence-corrected chi connectivity index (χ3v) is 3.13. The molecule has 0 saturated carbocycles. The zero-order valence-electron chi connectivity index (χ0n) is 10.8. The summed E-state index contributed by atoms with van der Waals surface area (Å²) in [4.78, 5) is 10.2. The molecule has 0 aliphatic carbocycles. The van der Waals surface area contributed by atoms with Gasteiger partial charge in [0.05, 0.1) is 0 Å². The fraction of sp³-hybridized carbons (Fsp3) is 0.929. The summed E-state index contributed by atoms with van der Waals surface area (Å²) in [5.41, 5.74) is 0. The van der Waals surface area contributed by atoms with Gasteiger partial charge in [-0.05, 0) is 24.7 Å². The molecule has 0 aliphatic rings. The van der Waals surface area contributed by atoms with E-state index in [-0.39, 0.29) is 0 Å². The average Bonchev–Trinajstić information content (AvgIpc) is 2.21. The van der Waals surface area contributed by atoms with Crippen LogP contribution in [-0.2, 0) is 4.79 Å². The van der Waals surface area contributed by atoms with E-state index in [1.165, 1.54) is 38.5 Å². The van der Waals surface area contributed by atoms with Gasteiger partial charge in [0.15, 0.2) is 0 Å². The predicted molar refractivity (Wildman–Crippen MR) is 67.0 cm³/mol. The molecular weight excluding hydrogens is 184 g/mol. The summed E-state index contributed by atoms with van der Waals surface area (Å²) in [6.45, 7) is 6.88. The van der Waals surface area contributed by atoms with Crippen LogP contribution in [0, 0.1) is 11.8 Å². The topological polar surface area (TPSA) is 17.1 Å². The maximum atomic E-state index is 10.2. The van der Waals surface area contributed by atoms with Crippen LogP contribution in [0.25, 0.3) is 0 Å². The monoisotopic (exact) mass is 212 g/mol. The first-order chi connectivity index (χ1) is 7.20. The molecule has 2 atom stereocenters. The Morgan fingerprint density at radius 1 is 1.00 bits per heavy atom. The maximum absolute atomic E-state index is 10.2. The molecule has 0 radical (unpaired) electrons. The zero-order valence-corrected chi connectivity index (χ0v) is 10.8. The molecule has 0 bridgehead atoms. The minimum absolute atomic E-state index is 0.719. The highest BCUT2D eigenvalue weighted by molar-refractivity contribution is 5.49. The van der Waals surface area contributed by atoms with E-state index in [1.54, 1.807) is 0 Å². The fourth-order valence-electron chi connectivity index (χ4n) is 2.19. The van der Waals surface area contributed by atoms with Crippen molar-refractivity contribution in [2.24, 2.45) is 11.8 Å². The van der Waals surface area contributed by atoms with Gasteiger partial charge in [0, 0.05) is 6.42 Å². The van der Waals surface area contributed by atoms with Crippen LogP contribution in [0.15, 0.2) is 0 Å². The molecule has 90 valence electrons. The van der Waals surface area contributed by atoms with Crippen molar-refractivity contribution < 1.29 is 4.79 Å². The van der Waals surface area contributed by atoms with Gasteiger partial charge < -0.3 is 4.79 Å². The zero-order chi connectivity index (χ0) is 11.5. The van der Waals surface area contributed by atoms with E-state index in [2.05, 4.69) is 20.8 Å². The highest BCUT2D eigenvalue weighted by atomic mass is 16.1. The molecule has 0 N–H and O–H groups in total. The standard InChI is InChI=1S/C14H28O/c1-4-5-6-7-9-13(2)12-14(3)10-8-11-15/h11,13-14H,4-10,12H2,1-3H3. The Bertz CT molecular complexity index is 142. The smallest absolute Gasteiger partial charge is 0.120 e. The summed E-state index contributed by atoms with van der Waals surface area (Å²) in [5.74, 6) is 1.56. The van der Waals surface area contributed by atoms with Crippen molar-refractivity contribution in [1.82, 2.24) is 0 Å². The first-order valence-electron chi connectivity index (χ1n) is 6.64. The maximum Gasteiger partial charge on any atom is 0.120 e. The van der Waals surface area contributed by atoms with E-state index >= 15 is 0 Å². The number of carbonyl (C=O) groups excluding carboxylic acids is 1. The fourth-order valence-corrected chi connectivity index (χ4v) is 2.19. The molecule has 0 rings (SSSR count). The molecule has 0 saturated heterocycles. The van der Waals surface area contributed by atoms with E-state index in [4.69, 9.17) is 0 Å². The Kier molecular flexibility index (Phi) is 9.97. The van der Waals surface area contributed by atoms with Crippen molar-refractivity contribution in [3.63, 3.8) is 0 Å². The highest BCUT2D eigenvalue weighted by Gasteiger charge is 2.08. The van der Waals surface area contributed by atoms with Gasteiger partial charge in [0.25, 0.3) is 0 Å². The molecule has 1 nitrogen and oxygen atoms in total. The van der Waals surface area contributed by atoms with Gasteiger partial charge in [-0.25, -0.2) is 0 Å². The Hall–Kier alpha value is -0.330. The van der Waals surface area contributed by atoms with Crippen LogP contribution in [0.2, 0.25) is 0 Å². The van der Waals surface area contributed by atoms with Gasteiger partial charge >= 0.3 is 0 Å². The lowest BCUT2D eigenvalue weighted by molar-refractivity contribution is -0.108. The van der Waals surface area contributed by atoms with Gasteiger partial charge in [-0.3, -0.25) is 0 Å². The molecular formula is C14H28O. The minimum Gasteiger partial charge on any atom is -0.303 e.